The van der Waals surface area contributed by atoms with Gasteiger partial charge in [0, 0.05) is 13.1 Å². The highest BCUT2D eigenvalue weighted by atomic mass is 15.1. The molecule has 0 saturated carbocycles. The van der Waals surface area contributed by atoms with Crippen molar-refractivity contribution in [2.24, 2.45) is 0 Å². The van der Waals surface area contributed by atoms with Gasteiger partial charge < -0.3 is 15.5 Å². The van der Waals surface area contributed by atoms with Crippen LogP contribution in [0.15, 0.2) is 18.2 Å². The monoisotopic (exact) mass is 250 g/mol. The fraction of sp³-hybridized carbons (Fsp3) is 0.643. The molecule has 0 amide bonds. The summed E-state index contributed by atoms with van der Waals surface area (Å²) in [5, 5.41) is 6.58. The fourth-order valence-electron chi connectivity index (χ4n) is 1.87. The van der Waals surface area contributed by atoms with Gasteiger partial charge in [0.15, 0.2) is 0 Å². The van der Waals surface area contributed by atoms with Crippen LogP contribution in [0.3, 0.4) is 0 Å². The Morgan fingerprint density at radius 2 is 1.72 bits per heavy atom. The van der Waals surface area contributed by atoms with E-state index in [1.165, 1.54) is 0 Å². The normalized spacial score (nSPS) is 10.7. The topological polar surface area (TPSA) is 40.2 Å². The first-order chi connectivity index (χ1) is 8.80. The predicted molar refractivity (Wildman–Crippen MR) is 79.3 cm³/mol. The van der Waals surface area contributed by atoms with Gasteiger partial charge in [-0.15, -0.1) is 0 Å². The van der Waals surface area contributed by atoms with Gasteiger partial charge in [-0.2, -0.15) is 0 Å². The molecule has 1 rings (SSSR count). The lowest BCUT2D eigenvalue weighted by Crippen LogP contribution is -2.25. The highest BCUT2D eigenvalue weighted by Gasteiger charge is 1.99. The highest BCUT2D eigenvalue weighted by molar-refractivity contribution is 5.44. The van der Waals surface area contributed by atoms with Crippen molar-refractivity contribution in [1.82, 2.24) is 9.88 Å². The Bertz CT molecular complexity index is 323. The summed E-state index contributed by atoms with van der Waals surface area (Å²) in [6.07, 6.45) is 1.15. The molecule has 0 aliphatic rings. The number of pyridine rings is 1. The van der Waals surface area contributed by atoms with Gasteiger partial charge in [-0.25, -0.2) is 4.98 Å². The Labute approximate surface area is 111 Å². The SMILES string of the molecule is CCNc1cccc(NCCCN(CC)CC)n1. The summed E-state index contributed by atoms with van der Waals surface area (Å²) in [5.41, 5.74) is 0. The van der Waals surface area contributed by atoms with Crippen molar-refractivity contribution in [2.75, 3.05) is 43.4 Å². The molecule has 0 fully saturated rings. The lowest BCUT2D eigenvalue weighted by Gasteiger charge is -2.17. The summed E-state index contributed by atoms with van der Waals surface area (Å²) in [5.74, 6) is 1.89. The second kappa shape index (κ2) is 8.75. The molecule has 0 aliphatic carbocycles. The molecule has 102 valence electrons. The molecule has 0 aliphatic heterocycles. The number of hydrogen-bond donors (Lipinski definition) is 2. The van der Waals surface area contributed by atoms with Crippen LogP contribution in [-0.4, -0.2) is 42.6 Å². The van der Waals surface area contributed by atoms with Crippen molar-refractivity contribution in [3.8, 4) is 0 Å². The maximum absolute atomic E-state index is 4.48. The molecular formula is C14H26N4. The molecule has 0 bridgehead atoms. The van der Waals surface area contributed by atoms with Crippen LogP contribution in [0.2, 0.25) is 0 Å². The van der Waals surface area contributed by atoms with Gasteiger partial charge in [-0.3, -0.25) is 0 Å². The Kier molecular flexibility index (Phi) is 7.18. The van der Waals surface area contributed by atoms with Crippen molar-refractivity contribution in [1.29, 1.82) is 0 Å². The van der Waals surface area contributed by atoms with Crippen LogP contribution in [0.25, 0.3) is 0 Å². The predicted octanol–water partition coefficient (Wildman–Crippen LogP) is 2.66. The summed E-state index contributed by atoms with van der Waals surface area (Å²) in [6.45, 7) is 11.8. The molecule has 0 spiro atoms. The average molecular weight is 250 g/mol. The first kappa shape index (κ1) is 14.8. The number of aromatic nitrogens is 1. The molecule has 1 aromatic rings. The van der Waals surface area contributed by atoms with Crippen molar-refractivity contribution >= 4 is 11.6 Å². The van der Waals surface area contributed by atoms with Gasteiger partial charge in [0.2, 0.25) is 0 Å². The second-order valence-electron chi connectivity index (χ2n) is 4.25. The maximum atomic E-state index is 4.48. The van der Waals surface area contributed by atoms with E-state index in [2.05, 4.69) is 41.3 Å². The molecule has 1 heterocycles. The average Bonchev–Trinajstić information content (AvgIpc) is 2.40. The number of anilines is 2. The number of rotatable bonds is 9. The number of nitrogens with zero attached hydrogens (tertiary/aromatic N) is 2. The van der Waals surface area contributed by atoms with Crippen molar-refractivity contribution in [3.05, 3.63) is 18.2 Å². The van der Waals surface area contributed by atoms with Crippen LogP contribution in [0, 0.1) is 0 Å². The van der Waals surface area contributed by atoms with Gasteiger partial charge in [-0.1, -0.05) is 19.9 Å². The van der Waals surface area contributed by atoms with E-state index in [1.807, 2.05) is 18.2 Å². The van der Waals surface area contributed by atoms with Gasteiger partial charge in [0.25, 0.3) is 0 Å². The summed E-state index contributed by atoms with van der Waals surface area (Å²) in [7, 11) is 0. The lowest BCUT2D eigenvalue weighted by atomic mass is 10.3. The molecule has 0 unspecified atom stereocenters. The van der Waals surface area contributed by atoms with Crippen LogP contribution in [0.4, 0.5) is 11.6 Å². The third kappa shape index (κ3) is 5.36. The number of hydrogen-bond acceptors (Lipinski definition) is 4. The third-order valence-corrected chi connectivity index (χ3v) is 2.96. The Morgan fingerprint density at radius 3 is 2.33 bits per heavy atom. The molecule has 18 heavy (non-hydrogen) atoms. The Morgan fingerprint density at radius 1 is 1.06 bits per heavy atom. The largest absolute Gasteiger partial charge is 0.370 e. The molecular weight excluding hydrogens is 224 g/mol. The molecule has 2 N–H and O–H groups in total. The lowest BCUT2D eigenvalue weighted by molar-refractivity contribution is 0.303. The van der Waals surface area contributed by atoms with Crippen LogP contribution in [0.1, 0.15) is 27.2 Å². The molecule has 1 aromatic heterocycles. The van der Waals surface area contributed by atoms with E-state index in [1.54, 1.807) is 0 Å². The first-order valence-corrected chi connectivity index (χ1v) is 6.97. The molecule has 0 aromatic carbocycles. The van der Waals surface area contributed by atoms with Gasteiger partial charge >= 0.3 is 0 Å². The fourth-order valence-corrected chi connectivity index (χ4v) is 1.87. The standard InChI is InChI=1S/C14H26N4/c1-4-15-13-9-7-10-14(17-13)16-11-8-12-18(5-2)6-3/h7,9-10H,4-6,8,11-12H2,1-3H3,(H2,15,16,17). The zero-order valence-electron chi connectivity index (χ0n) is 11.9. The van der Waals surface area contributed by atoms with E-state index in [4.69, 9.17) is 0 Å². The molecule has 4 nitrogen and oxygen atoms in total. The third-order valence-electron chi connectivity index (χ3n) is 2.96. The van der Waals surface area contributed by atoms with E-state index in [-0.39, 0.29) is 0 Å². The summed E-state index contributed by atoms with van der Waals surface area (Å²) in [4.78, 5) is 6.92. The van der Waals surface area contributed by atoms with Crippen molar-refractivity contribution < 1.29 is 0 Å². The van der Waals surface area contributed by atoms with Crippen molar-refractivity contribution in [2.45, 2.75) is 27.2 Å². The highest BCUT2D eigenvalue weighted by Crippen LogP contribution is 2.08. The van der Waals surface area contributed by atoms with Crippen LogP contribution >= 0.6 is 0 Å². The van der Waals surface area contributed by atoms with E-state index in [0.717, 1.165) is 50.8 Å². The molecule has 4 heteroatoms. The van der Waals surface area contributed by atoms with Gasteiger partial charge in [-0.05, 0) is 45.1 Å². The molecule has 0 saturated heterocycles. The van der Waals surface area contributed by atoms with Crippen molar-refractivity contribution in [3.63, 3.8) is 0 Å². The molecule has 0 atom stereocenters. The minimum Gasteiger partial charge on any atom is -0.370 e. The minimum absolute atomic E-state index is 0.901. The van der Waals surface area contributed by atoms with E-state index < -0.39 is 0 Å². The minimum atomic E-state index is 0.901. The summed E-state index contributed by atoms with van der Waals surface area (Å²) in [6, 6.07) is 6.03. The quantitative estimate of drug-likeness (QED) is 0.661. The smallest absolute Gasteiger partial charge is 0.128 e. The molecule has 0 radical (unpaired) electrons. The van der Waals surface area contributed by atoms with Crippen LogP contribution in [0.5, 0.6) is 0 Å². The summed E-state index contributed by atoms with van der Waals surface area (Å²) < 4.78 is 0. The van der Waals surface area contributed by atoms with E-state index in [9.17, 15) is 0 Å². The van der Waals surface area contributed by atoms with E-state index in [0.29, 0.717) is 0 Å². The van der Waals surface area contributed by atoms with Crippen LogP contribution in [-0.2, 0) is 0 Å². The summed E-state index contributed by atoms with van der Waals surface area (Å²) >= 11 is 0. The zero-order valence-corrected chi connectivity index (χ0v) is 11.9. The second-order valence-corrected chi connectivity index (χ2v) is 4.25. The van der Waals surface area contributed by atoms with Crippen LogP contribution < -0.4 is 10.6 Å². The Balaban J connectivity index is 2.28. The van der Waals surface area contributed by atoms with Gasteiger partial charge in [0.05, 0.1) is 0 Å². The maximum Gasteiger partial charge on any atom is 0.128 e. The van der Waals surface area contributed by atoms with E-state index >= 15 is 0 Å². The number of nitrogens with one attached hydrogen (secondary N) is 2. The Hall–Kier alpha value is -1.29. The van der Waals surface area contributed by atoms with Gasteiger partial charge in [0.1, 0.15) is 11.6 Å². The first-order valence-electron chi connectivity index (χ1n) is 6.97. The zero-order chi connectivity index (χ0) is 13.2.